The minimum absolute atomic E-state index is 0.115. The summed E-state index contributed by atoms with van der Waals surface area (Å²) in [7, 11) is -1.78. The molecule has 0 spiro atoms. The summed E-state index contributed by atoms with van der Waals surface area (Å²) in [6.07, 6.45) is 3.52. The first kappa shape index (κ1) is 18.6. The smallest absolute Gasteiger partial charge is 0.258 e. The lowest BCUT2D eigenvalue weighted by molar-refractivity contribution is 0.0888. The molecule has 6 nitrogen and oxygen atoms in total. The van der Waals surface area contributed by atoms with Gasteiger partial charge in [0.15, 0.2) is 21.3 Å². The molecule has 0 bridgehead atoms. The number of aryl methyl sites for hydroxylation is 1. The Morgan fingerprint density at radius 2 is 1.86 bits per heavy atom. The van der Waals surface area contributed by atoms with Crippen LogP contribution in [0.15, 0.2) is 52.3 Å². The number of hydrogen-bond donors (Lipinski definition) is 0. The van der Waals surface area contributed by atoms with Gasteiger partial charge in [-0.15, -0.1) is 0 Å². The number of benzene rings is 2. The third-order valence-electron chi connectivity index (χ3n) is 5.00. The molecule has 1 aliphatic heterocycles. The van der Waals surface area contributed by atoms with Gasteiger partial charge < -0.3 is 14.0 Å². The standard InChI is InChI=1S/C21H21NO5S/c1-4-13-12-26-19-10-14(28(3,24)25)9-17(20(19)27-13)18-11-22(2)21(23)16-8-6-5-7-15(16)18/h5-11,13H,4,12H2,1-3H3. The highest BCUT2D eigenvalue weighted by Crippen LogP contribution is 2.44. The van der Waals surface area contributed by atoms with Crippen LogP contribution in [0.2, 0.25) is 0 Å². The van der Waals surface area contributed by atoms with Gasteiger partial charge in [-0.3, -0.25) is 4.79 Å². The summed E-state index contributed by atoms with van der Waals surface area (Å²) >= 11 is 0. The molecule has 0 radical (unpaired) electrons. The summed E-state index contributed by atoms with van der Waals surface area (Å²) in [4.78, 5) is 12.7. The van der Waals surface area contributed by atoms with Crippen molar-refractivity contribution in [3.63, 3.8) is 0 Å². The van der Waals surface area contributed by atoms with E-state index in [1.807, 2.05) is 25.1 Å². The summed E-state index contributed by atoms with van der Waals surface area (Å²) in [5.74, 6) is 0.912. The van der Waals surface area contributed by atoms with E-state index in [0.29, 0.717) is 29.1 Å². The van der Waals surface area contributed by atoms with Gasteiger partial charge in [0.2, 0.25) is 0 Å². The molecule has 0 aliphatic carbocycles. The second-order valence-electron chi connectivity index (χ2n) is 7.03. The fraction of sp³-hybridized carbons (Fsp3) is 0.286. The van der Waals surface area contributed by atoms with Crippen molar-refractivity contribution in [1.82, 2.24) is 4.57 Å². The van der Waals surface area contributed by atoms with Crippen LogP contribution in [0, 0.1) is 0 Å². The predicted octanol–water partition coefficient (Wildman–Crippen LogP) is 3.16. The third kappa shape index (κ3) is 3.05. The largest absolute Gasteiger partial charge is 0.486 e. The van der Waals surface area contributed by atoms with Crippen molar-refractivity contribution in [2.75, 3.05) is 12.9 Å². The van der Waals surface area contributed by atoms with Gasteiger partial charge in [0.05, 0.1) is 4.90 Å². The normalized spacial score (nSPS) is 16.3. The first-order valence-electron chi connectivity index (χ1n) is 9.06. The summed E-state index contributed by atoms with van der Waals surface area (Å²) < 4.78 is 38.0. The van der Waals surface area contributed by atoms with E-state index < -0.39 is 9.84 Å². The van der Waals surface area contributed by atoms with Crippen LogP contribution >= 0.6 is 0 Å². The van der Waals surface area contributed by atoms with Crippen LogP contribution in [0.1, 0.15) is 13.3 Å². The fourth-order valence-electron chi connectivity index (χ4n) is 3.44. The average Bonchev–Trinajstić information content (AvgIpc) is 2.69. The zero-order valence-electron chi connectivity index (χ0n) is 15.9. The molecule has 0 fully saturated rings. The Kier molecular flexibility index (Phi) is 4.42. The average molecular weight is 399 g/mol. The maximum Gasteiger partial charge on any atom is 0.258 e. The number of nitrogens with zero attached hydrogens (tertiary/aromatic N) is 1. The number of aromatic nitrogens is 1. The van der Waals surface area contributed by atoms with Crippen molar-refractivity contribution in [2.24, 2.45) is 7.05 Å². The Morgan fingerprint density at radius 3 is 2.54 bits per heavy atom. The maximum atomic E-state index is 12.5. The van der Waals surface area contributed by atoms with Crippen LogP contribution < -0.4 is 15.0 Å². The number of sulfone groups is 1. The van der Waals surface area contributed by atoms with Gasteiger partial charge in [0.25, 0.3) is 5.56 Å². The van der Waals surface area contributed by atoms with E-state index in [9.17, 15) is 13.2 Å². The number of pyridine rings is 1. The molecule has 28 heavy (non-hydrogen) atoms. The molecule has 1 aliphatic rings. The maximum absolute atomic E-state index is 12.5. The molecule has 0 amide bonds. The zero-order valence-corrected chi connectivity index (χ0v) is 16.7. The third-order valence-corrected chi connectivity index (χ3v) is 6.09. The molecular formula is C21H21NO5S. The highest BCUT2D eigenvalue weighted by Gasteiger charge is 2.27. The zero-order chi connectivity index (χ0) is 20.1. The Bertz CT molecular complexity index is 1240. The first-order valence-corrected chi connectivity index (χ1v) is 10.9. The molecule has 0 N–H and O–H groups in total. The Labute approximate surface area is 163 Å². The number of rotatable bonds is 3. The van der Waals surface area contributed by atoms with Crippen molar-refractivity contribution >= 4 is 20.6 Å². The van der Waals surface area contributed by atoms with Crippen LogP contribution in [-0.4, -0.2) is 32.0 Å². The molecule has 146 valence electrons. The van der Waals surface area contributed by atoms with E-state index in [0.717, 1.165) is 23.6 Å². The van der Waals surface area contributed by atoms with Gasteiger partial charge in [0.1, 0.15) is 12.7 Å². The fourth-order valence-corrected chi connectivity index (χ4v) is 4.09. The highest BCUT2D eigenvalue weighted by molar-refractivity contribution is 7.90. The van der Waals surface area contributed by atoms with E-state index in [4.69, 9.17) is 9.47 Å². The molecule has 1 atom stereocenters. The molecule has 4 rings (SSSR count). The molecule has 1 unspecified atom stereocenters. The van der Waals surface area contributed by atoms with Crippen LogP contribution in [0.4, 0.5) is 0 Å². The van der Waals surface area contributed by atoms with Gasteiger partial charge in [0, 0.05) is 42.1 Å². The van der Waals surface area contributed by atoms with E-state index in [-0.39, 0.29) is 16.6 Å². The summed E-state index contributed by atoms with van der Waals surface area (Å²) in [6.45, 7) is 2.37. The van der Waals surface area contributed by atoms with E-state index >= 15 is 0 Å². The lowest BCUT2D eigenvalue weighted by Gasteiger charge is -2.28. The Hall–Kier alpha value is -2.80. The summed E-state index contributed by atoms with van der Waals surface area (Å²) in [5, 5.41) is 1.30. The van der Waals surface area contributed by atoms with E-state index in [2.05, 4.69) is 0 Å². The van der Waals surface area contributed by atoms with Crippen LogP contribution in [0.5, 0.6) is 11.5 Å². The molecule has 2 heterocycles. The highest BCUT2D eigenvalue weighted by atomic mass is 32.2. The molecule has 0 saturated carbocycles. The second-order valence-corrected chi connectivity index (χ2v) is 9.05. The number of fused-ring (bicyclic) bond motifs is 2. The number of hydrogen-bond acceptors (Lipinski definition) is 5. The van der Waals surface area contributed by atoms with Crippen molar-refractivity contribution < 1.29 is 17.9 Å². The van der Waals surface area contributed by atoms with Gasteiger partial charge in [-0.25, -0.2) is 8.42 Å². The second kappa shape index (κ2) is 6.67. The lowest BCUT2D eigenvalue weighted by atomic mass is 9.99. The van der Waals surface area contributed by atoms with Gasteiger partial charge in [-0.1, -0.05) is 25.1 Å². The SMILES string of the molecule is CCC1COc2cc(S(C)(=O)=O)cc(-c3cn(C)c(=O)c4ccccc34)c2O1. The van der Waals surface area contributed by atoms with E-state index in [1.54, 1.807) is 25.4 Å². The lowest BCUT2D eigenvalue weighted by Crippen LogP contribution is -2.28. The molecule has 0 saturated heterocycles. The monoisotopic (exact) mass is 399 g/mol. The molecule has 7 heteroatoms. The summed E-state index contributed by atoms with van der Waals surface area (Å²) in [5.41, 5.74) is 1.21. The molecule has 3 aromatic rings. The summed E-state index contributed by atoms with van der Waals surface area (Å²) in [6, 6.07) is 10.4. The molecule has 2 aromatic carbocycles. The van der Waals surface area contributed by atoms with Crippen molar-refractivity contribution in [1.29, 1.82) is 0 Å². The van der Waals surface area contributed by atoms with Crippen molar-refractivity contribution in [3.05, 3.63) is 52.9 Å². The Morgan fingerprint density at radius 1 is 1.14 bits per heavy atom. The van der Waals surface area contributed by atoms with Gasteiger partial charge in [-0.2, -0.15) is 0 Å². The molecular weight excluding hydrogens is 378 g/mol. The topological polar surface area (TPSA) is 74.6 Å². The van der Waals surface area contributed by atoms with Crippen LogP contribution in [0.3, 0.4) is 0 Å². The van der Waals surface area contributed by atoms with Gasteiger partial charge >= 0.3 is 0 Å². The van der Waals surface area contributed by atoms with Gasteiger partial charge in [-0.05, 0) is 23.9 Å². The quantitative estimate of drug-likeness (QED) is 0.676. The van der Waals surface area contributed by atoms with Crippen molar-refractivity contribution in [2.45, 2.75) is 24.3 Å². The van der Waals surface area contributed by atoms with Crippen LogP contribution in [0.25, 0.3) is 21.9 Å². The minimum Gasteiger partial charge on any atom is -0.486 e. The van der Waals surface area contributed by atoms with Crippen LogP contribution in [-0.2, 0) is 16.9 Å². The molecule has 1 aromatic heterocycles. The van der Waals surface area contributed by atoms with E-state index in [1.165, 1.54) is 10.6 Å². The van der Waals surface area contributed by atoms with Crippen molar-refractivity contribution in [3.8, 4) is 22.6 Å². The first-order chi connectivity index (χ1) is 13.3. The predicted molar refractivity (Wildman–Crippen MR) is 108 cm³/mol. The number of ether oxygens (including phenoxy) is 2. The minimum atomic E-state index is -3.46. The Balaban J connectivity index is 2.09.